The second kappa shape index (κ2) is 12.1. The molecule has 0 fully saturated rings. The summed E-state index contributed by atoms with van der Waals surface area (Å²) in [4.78, 5) is 25.7. The molecule has 0 spiro atoms. The van der Waals surface area contributed by atoms with Crippen molar-refractivity contribution in [3.05, 3.63) is 36.0 Å². The Hall–Kier alpha value is -3.91. The minimum absolute atomic E-state index is 0.00620. The molecule has 1 aromatic heterocycles. The van der Waals surface area contributed by atoms with Crippen molar-refractivity contribution in [3.63, 3.8) is 0 Å². The standard InChI is InChI=1S/C23H11F23N2O3/c24-13(25,12(51)48-10(11(49)50)5-7-6-47-9-4-2-1-3-8(7)9)14(26,27)15(28,29)16(30,31)17(32,33)18(34,35)19(36,37)20(38,39)21(40,41)22(42,43)23(44,45)46/h1-4,6,10,47H,5H2,(H,48,51)(H,49,50)/t10-/m0/s1. The molecule has 0 aliphatic carbocycles. The summed E-state index contributed by atoms with van der Waals surface area (Å²) in [6.45, 7) is 0. The van der Waals surface area contributed by atoms with Crippen molar-refractivity contribution in [1.29, 1.82) is 0 Å². The number of fused-ring (bicyclic) bond motifs is 1. The van der Waals surface area contributed by atoms with E-state index in [1.165, 1.54) is 24.3 Å². The molecule has 51 heavy (non-hydrogen) atoms. The molecule has 1 aromatic carbocycles. The van der Waals surface area contributed by atoms with Gasteiger partial charge in [0.2, 0.25) is 0 Å². The van der Waals surface area contributed by atoms with Gasteiger partial charge < -0.3 is 15.4 Å². The molecular weight excluding hydrogens is 789 g/mol. The number of halogens is 23. The minimum atomic E-state index is -9.58. The fourth-order valence-electron chi connectivity index (χ4n) is 3.87. The maximum absolute atomic E-state index is 14.3. The average molecular weight is 800 g/mol. The maximum Gasteiger partial charge on any atom is 0.460 e. The second-order valence-corrected chi connectivity index (χ2v) is 10.2. The number of carboxylic acid groups (broad SMARTS) is 1. The molecule has 1 heterocycles. The summed E-state index contributed by atoms with van der Waals surface area (Å²) >= 11 is 0. The highest BCUT2D eigenvalue weighted by Gasteiger charge is 2.99. The molecule has 0 aliphatic rings. The number of benzene rings is 1. The molecule has 0 bridgehead atoms. The van der Waals surface area contributed by atoms with Crippen LogP contribution in [-0.4, -0.2) is 93.4 Å². The predicted molar refractivity (Wildman–Crippen MR) is 117 cm³/mol. The van der Waals surface area contributed by atoms with Crippen LogP contribution in [0.5, 0.6) is 0 Å². The van der Waals surface area contributed by atoms with Crippen LogP contribution in [0.25, 0.3) is 10.9 Å². The minimum Gasteiger partial charge on any atom is -0.480 e. The fourth-order valence-corrected chi connectivity index (χ4v) is 3.87. The Balaban J connectivity index is 2.60. The SMILES string of the molecule is O=C(O)[C@H](Cc1c[nH]c2ccccc12)NC(=O)C(F)(F)C(F)(F)C(F)(F)C(F)(F)C(F)(F)C(F)(F)C(F)(F)C(F)(F)C(F)(F)C(F)(F)C(F)(F)F. The largest absolute Gasteiger partial charge is 0.480 e. The normalized spacial score (nSPS) is 16.0. The zero-order valence-corrected chi connectivity index (χ0v) is 23.1. The Bertz CT molecular complexity index is 1630. The monoisotopic (exact) mass is 800 g/mol. The van der Waals surface area contributed by atoms with Gasteiger partial charge in [-0.3, -0.25) is 4.79 Å². The van der Waals surface area contributed by atoms with Gasteiger partial charge in [-0.05, 0) is 11.6 Å². The van der Waals surface area contributed by atoms with Gasteiger partial charge in [-0.15, -0.1) is 0 Å². The Morgan fingerprint density at radius 2 is 0.922 bits per heavy atom. The molecule has 28 heteroatoms. The van der Waals surface area contributed by atoms with E-state index in [0.717, 1.165) is 6.20 Å². The highest BCUT2D eigenvalue weighted by atomic mass is 19.4. The van der Waals surface area contributed by atoms with E-state index in [4.69, 9.17) is 5.11 Å². The van der Waals surface area contributed by atoms with Gasteiger partial charge in [0.05, 0.1) is 0 Å². The summed E-state index contributed by atoms with van der Waals surface area (Å²) < 4.78 is 313. The molecule has 0 aliphatic heterocycles. The van der Waals surface area contributed by atoms with Crippen molar-refractivity contribution in [2.45, 2.75) is 77.9 Å². The number of aliphatic carboxylic acids is 1. The third-order valence-corrected chi connectivity index (χ3v) is 6.89. The van der Waals surface area contributed by atoms with E-state index >= 15 is 0 Å². The van der Waals surface area contributed by atoms with Crippen molar-refractivity contribution in [2.75, 3.05) is 0 Å². The number of H-pyrrole nitrogens is 1. The highest BCUT2D eigenvalue weighted by molar-refractivity contribution is 5.90. The summed E-state index contributed by atoms with van der Waals surface area (Å²) in [5.74, 6) is -97.3. The number of rotatable bonds is 14. The van der Waals surface area contributed by atoms with Crippen LogP contribution in [0.3, 0.4) is 0 Å². The van der Waals surface area contributed by atoms with Crippen LogP contribution in [0.4, 0.5) is 101 Å². The number of aromatic amines is 1. The van der Waals surface area contributed by atoms with Crippen molar-refractivity contribution in [3.8, 4) is 0 Å². The second-order valence-electron chi connectivity index (χ2n) is 10.2. The number of amides is 1. The van der Waals surface area contributed by atoms with E-state index in [9.17, 15) is 111 Å². The summed E-state index contributed by atoms with van der Waals surface area (Å²) in [6.07, 6.45) is -8.56. The van der Waals surface area contributed by atoms with Gasteiger partial charge >= 0.3 is 71.4 Å². The van der Waals surface area contributed by atoms with Gasteiger partial charge in [-0.25, -0.2) is 4.79 Å². The first kappa shape index (κ1) is 43.3. The lowest BCUT2D eigenvalue weighted by Gasteiger charge is -2.45. The van der Waals surface area contributed by atoms with Crippen LogP contribution in [-0.2, 0) is 16.0 Å². The number of hydrogen-bond acceptors (Lipinski definition) is 2. The Kier molecular flexibility index (Phi) is 10.2. The van der Waals surface area contributed by atoms with Crippen molar-refractivity contribution in [2.24, 2.45) is 0 Å². The first-order valence-corrected chi connectivity index (χ1v) is 12.2. The Morgan fingerprint density at radius 1 is 0.569 bits per heavy atom. The van der Waals surface area contributed by atoms with E-state index in [1.54, 1.807) is 0 Å². The molecule has 0 radical (unpaired) electrons. The zero-order chi connectivity index (χ0) is 40.6. The summed E-state index contributed by atoms with van der Waals surface area (Å²) in [7, 11) is 0. The Morgan fingerprint density at radius 3 is 1.29 bits per heavy atom. The van der Waals surface area contributed by atoms with Crippen LogP contribution in [0.15, 0.2) is 30.5 Å². The van der Waals surface area contributed by atoms with Crippen LogP contribution in [0.1, 0.15) is 5.56 Å². The molecule has 2 aromatic rings. The molecule has 1 atom stereocenters. The van der Waals surface area contributed by atoms with Crippen LogP contribution in [0.2, 0.25) is 0 Å². The third-order valence-electron chi connectivity index (χ3n) is 6.89. The van der Waals surface area contributed by atoms with Gasteiger partial charge in [-0.1, -0.05) is 18.2 Å². The molecule has 2 rings (SSSR count). The topological polar surface area (TPSA) is 82.2 Å². The molecule has 5 nitrogen and oxygen atoms in total. The number of alkyl halides is 23. The zero-order valence-electron chi connectivity index (χ0n) is 23.1. The van der Waals surface area contributed by atoms with Gasteiger partial charge in [0, 0.05) is 23.5 Å². The van der Waals surface area contributed by atoms with Crippen LogP contribution in [0, 0.1) is 0 Å². The lowest BCUT2D eigenvalue weighted by atomic mass is 9.85. The fraction of sp³-hybridized carbons (Fsp3) is 0.565. The first-order valence-electron chi connectivity index (χ1n) is 12.2. The van der Waals surface area contributed by atoms with E-state index in [0.29, 0.717) is 5.32 Å². The molecule has 3 N–H and O–H groups in total. The van der Waals surface area contributed by atoms with Crippen LogP contribution >= 0.6 is 0 Å². The number of hydrogen-bond donors (Lipinski definition) is 3. The molecule has 0 unspecified atom stereocenters. The molecule has 1 amide bonds. The summed E-state index contributed by atoms with van der Waals surface area (Å²) in [5.41, 5.74) is -0.163. The number of nitrogens with one attached hydrogen (secondary N) is 2. The molecule has 0 saturated heterocycles. The summed E-state index contributed by atoms with van der Waals surface area (Å²) in [5, 5.41) is 9.53. The van der Waals surface area contributed by atoms with Gasteiger partial charge in [0.15, 0.2) is 0 Å². The number of para-hydroxylation sites is 1. The van der Waals surface area contributed by atoms with Crippen molar-refractivity contribution < 1.29 is 116 Å². The quantitative estimate of drug-likeness (QED) is 0.169. The van der Waals surface area contributed by atoms with Crippen LogP contribution < -0.4 is 5.32 Å². The number of carbonyl (C=O) groups is 2. The van der Waals surface area contributed by atoms with Gasteiger partial charge in [0.1, 0.15) is 6.04 Å². The van der Waals surface area contributed by atoms with E-state index in [-0.39, 0.29) is 16.5 Å². The average Bonchev–Trinajstić information content (AvgIpc) is 3.37. The maximum atomic E-state index is 14.3. The molecule has 0 saturated carbocycles. The predicted octanol–water partition coefficient (Wildman–Crippen LogP) is 8.20. The summed E-state index contributed by atoms with van der Waals surface area (Å²) in [6, 6.07) is 2.10. The lowest BCUT2D eigenvalue weighted by molar-refractivity contribution is -0.477. The van der Waals surface area contributed by atoms with Gasteiger partial charge in [-0.2, -0.15) is 101 Å². The van der Waals surface area contributed by atoms with E-state index in [2.05, 4.69) is 4.98 Å². The molecule has 292 valence electrons. The van der Waals surface area contributed by atoms with E-state index < -0.39 is 89.7 Å². The number of aromatic nitrogens is 1. The lowest BCUT2D eigenvalue weighted by Crippen LogP contribution is -2.78. The number of carbonyl (C=O) groups excluding carboxylic acids is 1. The smallest absolute Gasteiger partial charge is 0.460 e. The third kappa shape index (κ3) is 5.82. The van der Waals surface area contributed by atoms with Crippen molar-refractivity contribution in [1.82, 2.24) is 10.3 Å². The molecular formula is C23H11F23N2O3. The highest BCUT2D eigenvalue weighted by Crippen LogP contribution is 2.67. The number of carboxylic acids is 1. The van der Waals surface area contributed by atoms with Crippen molar-refractivity contribution >= 4 is 22.8 Å². The first-order chi connectivity index (χ1) is 22.3. The van der Waals surface area contributed by atoms with E-state index in [1.807, 2.05) is 0 Å². The van der Waals surface area contributed by atoms with Gasteiger partial charge in [0.25, 0.3) is 5.91 Å². The Labute approximate surface area is 263 Å².